The summed E-state index contributed by atoms with van der Waals surface area (Å²) in [6.45, 7) is 2.16. The van der Waals surface area contributed by atoms with E-state index in [1.165, 1.54) is 6.42 Å². The average Bonchev–Trinajstić information content (AvgIpc) is 2.68. The first-order valence-corrected chi connectivity index (χ1v) is 5.55. The highest BCUT2D eigenvalue weighted by molar-refractivity contribution is 5.75. The van der Waals surface area contributed by atoms with Crippen molar-refractivity contribution < 1.29 is 14.6 Å². The van der Waals surface area contributed by atoms with Gasteiger partial charge in [0.1, 0.15) is 6.10 Å². The van der Waals surface area contributed by atoms with E-state index in [4.69, 9.17) is 4.74 Å². The van der Waals surface area contributed by atoms with Crippen molar-refractivity contribution in [3.63, 3.8) is 0 Å². The van der Waals surface area contributed by atoms with Gasteiger partial charge in [-0.2, -0.15) is 0 Å². The zero-order chi connectivity index (χ0) is 9.87. The van der Waals surface area contributed by atoms with Crippen LogP contribution in [0.1, 0.15) is 19.8 Å². The first kappa shape index (κ1) is 8.72. The Bertz CT molecular complexity index is 274. The Morgan fingerprint density at radius 2 is 2.14 bits per heavy atom. The maximum Gasteiger partial charge on any atom is 0.309 e. The monoisotopic (exact) mass is 196 g/mol. The molecule has 2 saturated carbocycles. The third-order valence-corrected chi connectivity index (χ3v) is 4.62. The maximum absolute atomic E-state index is 11.7. The van der Waals surface area contributed by atoms with Crippen molar-refractivity contribution in [3.8, 4) is 0 Å². The number of esters is 1. The fourth-order valence-corrected chi connectivity index (χ4v) is 4.22. The molecule has 14 heavy (non-hydrogen) atoms. The zero-order valence-corrected chi connectivity index (χ0v) is 8.35. The van der Waals surface area contributed by atoms with Gasteiger partial charge in [-0.3, -0.25) is 4.79 Å². The molecule has 1 aliphatic heterocycles. The van der Waals surface area contributed by atoms with Crippen LogP contribution in [0.4, 0.5) is 0 Å². The van der Waals surface area contributed by atoms with Crippen LogP contribution in [0, 0.1) is 29.6 Å². The van der Waals surface area contributed by atoms with Crippen LogP contribution in [0.25, 0.3) is 0 Å². The van der Waals surface area contributed by atoms with Gasteiger partial charge in [-0.05, 0) is 37.5 Å². The molecule has 3 nitrogen and oxygen atoms in total. The summed E-state index contributed by atoms with van der Waals surface area (Å²) in [5, 5.41) is 9.33. The van der Waals surface area contributed by atoms with E-state index in [-0.39, 0.29) is 30.5 Å². The van der Waals surface area contributed by atoms with E-state index in [0.29, 0.717) is 17.8 Å². The summed E-state index contributed by atoms with van der Waals surface area (Å²) in [4.78, 5) is 11.7. The van der Waals surface area contributed by atoms with Gasteiger partial charge in [0.05, 0.1) is 5.92 Å². The first-order chi connectivity index (χ1) is 6.74. The summed E-state index contributed by atoms with van der Waals surface area (Å²) < 4.78 is 5.34. The molecule has 3 heteroatoms. The zero-order valence-electron chi connectivity index (χ0n) is 8.35. The number of cyclic esters (lactones) is 1. The molecule has 0 aromatic heterocycles. The molecule has 0 amide bonds. The van der Waals surface area contributed by atoms with E-state index in [1.807, 2.05) is 6.92 Å². The van der Waals surface area contributed by atoms with Crippen LogP contribution in [-0.4, -0.2) is 23.8 Å². The SMILES string of the molecule is CC1OC(=O)C2C(CO)C3CCC2C13. The van der Waals surface area contributed by atoms with Crippen LogP contribution in [0.2, 0.25) is 0 Å². The van der Waals surface area contributed by atoms with Crippen LogP contribution in [-0.2, 0) is 9.53 Å². The molecule has 0 aromatic carbocycles. The fraction of sp³-hybridized carbons (Fsp3) is 0.909. The third kappa shape index (κ3) is 0.842. The normalized spacial score (nSPS) is 54.9. The lowest BCUT2D eigenvalue weighted by Gasteiger charge is -2.32. The molecule has 1 heterocycles. The van der Waals surface area contributed by atoms with Gasteiger partial charge in [0.25, 0.3) is 0 Å². The molecule has 2 aliphatic carbocycles. The second kappa shape index (κ2) is 2.72. The largest absolute Gasteiger partial charge is 0.462 e. The van der Waals surface area contributed by atoms with E-state index in [1.54, 1.807) is 0 Å². The second-order valence-corrected chi connectivity index (χ2v) is 5.00. The second-order valence-electron chi connectivity index (χ2n) is 5.00. The van der Waals surface area contributed by atoms with Gasteiger partial charge in [-0.25, -0.2) is 0 Å². The summed E-state index contributed by atoms with van der Waals surface area (Å²) in [7, 11) is 0. The van der Waals surface area contributed by atoms with Crippen molar-refractivity contribution in [3.05, 3.63) is 0 Å². The van der Waals surface area contributed by atoms with Crippen LogP contribution in [0.5, 0.6) is 0 Å². The lowest BCUT2D eigenvalue weighted by atomic mass is 9.79. The van der Waals surface area contributed by atoms with Crippen LogP contribution in [0.3, 0.4) is 0 Å². The molecule has 6 atom stereocenters. The van der Waals surface area contributed by atoms with Gasteiger partial charge in [-0.1, -0.05) is 0 Å². The van der Waals surface area contributed by atoms with Gasteiger partial charge in [0, 0.05) is 12.5 Å². The van der Waals surface area contributed by atoms with E-state index < -0.39 is 0 Å². The molecule has 6 unspecified atom stereocenters. The van der Waals surface area contributed by atoms with E-state index >= 15 is 0 Å². The van der Waals surface area contributed by atoms with E-state index in [2.05, 4.69) is 0 Å². The minimum atomic E-state index is -0.0556. The predicted octanol–water partition coefficient (Wildman–Crippen LogP) is 0.812. The van der Waals surface area contributed by atoms with Crippen LogP contribution in [0.15, 0.2) is 0 Å². The topological polar surface area (TPSA) is 46.5 Å². The average molecular weight is 196 g/mol. The van der Waals surface area contributed by atoms with Crippen molar-refractivity contribution in [2.24, 2.45) is 29.6 Å². The van der Waals surface area contributed by atoms with Crippen molar-refractivity contribution in [1.82, 2.24) is 0 Å². The number of carbonyl (C=O) groups excluding carboxylic acids is 1. The Morgan fingerprint density at radius 1 is 1.43 bits per heavy atom. The first-order valence-electron chi connectivity index (χ1n) is 5.55. The minimum absolute atomic E-state index is 0.0138. The summed E-state index contributed by atoms with van der Waals surface area (Å²) in [5.41, 5.74) is 0. The number of ether oxygens (including phenoxy) is 1. The Labute approximate surface area is 83.4 Å². The molecule has 4 bridgehead atoms. The Kier molecular flexibility index (Phi) is 1.69. The summed E-state index contributed by atoms with van der Waals surface area (Å²) >= 11 is 0. The molecule has 3 aliphatic rings. The summed E-state index contributed by atoms with van der Waals surface area (Å²) in [6.07, 6.45) is 2.42. The highest BCUT2D eigenvalue weighted by atomic mass is 16.5. The molecule has 1 N–H and O–H groups in total. The Balaban J connectivity index is 2.00. The molecule has 78 valence electrons. The van der Waals surface area contributed by atoms with Gasteiger partial charge in [0.2, 0.25) is 0 Å². The molecule has 0 aromatic rings. The predicted molar refractivity (Wildman–Crippen MR) is 49.3 cm³/mol. The molecule has 1 saturated heterocycles. The number of carbonyl (C=O) groups is 1. The molecule has 0 spiro atoms. The number of aliphatic hydroxyl groups excluding tert-OH is 1. The van der Waals surface area contributed by atoms with Crippen LogP contribution < -0.4 is 0 Å². The lowest BCUT2D eigenvalue weighted by Crippen LogP contribution is -2.39. The summed E-state index contributed by atoms with van der Waals surface area (Å²) in [6, 6.07) is 0. The number of rotatable bonds is 1. The number of hydrogen-bond donors (Lipinski definition) is 1. The fourth-order valence-electron chi connectivity index (χ4n) is 4.22. The highest BCUT2D eigenvalue weighted by Crippen LogP contribution is 2.60. The molecule has 3 rings (SSSR count). The maximum atomic E-state index is 11.7. The molecular formula is C11H16O3. The number of aliphatic hydroxyl groups is 1. The smallest absolute Gasteiger partial charge is 0.309 e. The summed E-state index contributed by atoms with van der Waals surface area (Å²) in [5.74, 6) is 1.73. The highest BCUT2D eigenvalue weighted by Gasteiger charge is 2.62. The van der Waals surface area contributed by atoms with Crippen molar-refractivity contribution in [2.45, 2.75) is 25.9 Å². The Hall–Kier alpha value is -0.570. The lowest BCUT2D eigenvalue weighted by molar-refractivity contribution is -0.165. The van der Waals surface area contributed by atoms with Gasteiger partial charge >= 0.3 is 5.97 Å². The quantitative estimate of drug-likeness (QED) is 0.631. The van der Waals surface area contributed by atoms with E-state index in [0.717, 1.165) is 6.42 Å². The Morgan fingerprint density at radius 3 is 2.86 bits per heavy atom. The standard InChI is InChI=1S/C11H16O3/c1-5-9-6-2-3-7(9)10(8(6)4-12)11(13)14-5/h5-10,12H,2-4H2,1H3. The van der Waals surface area contributed by atoms with Gasteiger partial charge in [0.15, 0.2) is 0 Å². The van der Waals surface area contributed by atoms with E-state index in [9.17, 15) is 9.90 Å². The van der Waals surface area contributed by atoms with Crippen molar-refractivity contribution in [2.75, 3.05) is 6.61 Å². The van der Waals surface area contributed by atoms with Gasteiger partial charge < -0.3 is 9.84 Å². The molecular weight excluding hydrogens is 180 g/mol. The van der Waals surface area contributed by atoms with Crippen LogP contribution >= 0.6 is 0 Å². The molecule has 0 radical (unpaired) electrons. The van der Waals surface area contributed by atoms with Crippen molar-refractivity contribution in [1.29, 1.82) is 0 Å². The van der Waals surface area contributed by atoms with Gasteiger partial charge in [-0.15, -0.1) is 0 Å². The number of hydrogen-bond acceptors (Lipinski definition) is 3. The van der Waals surface area contributed by atoms with Crippen molar-refractivity contribution >= 4 is 5.97 Å². The third-order valence-electron chi connectivity index (χ3n) is 4.62. The molecule has 3 fully saturated rings. The minimum Gasteiger partial charge on any atom is -0.462 e.